The van der Waals surface area contributed by atoms with Gasteiger partial charge in [0.1, 0.15) is 0 Å². The lowest BCUT2D eigenvalue weighted by molar-refractivity contribution is 0.0312. The molecule has 0 aliphatic heterocycles. The second-order valence-corrected chi connectivity index (χ2v) is 6.28. The van der Waals surface area contributed by atoms with Crippen LogP contribution < -0.4 is 5.32 Å². The Morgan fingerprint density at radius 3 is 2.50 bits per heavy atom. The van der Waals surface area contributed by atoms with Gasteiger partial charge in [0.05, 0.1) is 12.7 Å². The lowest BCUT2D eigenvalue weighted by Crippen LogP contribution is -2.44. The molecule has 2 N–H and O–H groups in total. The summed E-state index contributed by atoms with van der Waals surface area (Å²) in [5.74, 6) is 0.732. The van der Waals surface area contributed by atoms with Crippen LogP contribution in [-0.4, -0.2) is 36.5 Å². The van der Waals surface area contributed by atoms with Gasteiger partial charge in [0, 0.05) is 18.7 Å². The van der Waals surface area contributed by atoms with E-state index >= 15 is 0 Å². The van der Waals surface area contributed by atoms with E-state index in [9.17, 15) is 5.11 Å². The fraction of sp³-hybridized carbons (Fsp3) is 1.00. The Morgan fingerprint density at radius 2 is 1.94 bits per heavy atom. The molecule has 0 aliphatic rings. The molecule has 0 heterocycles. The van der Waals surface area contributed by atoms with E-state index in [0.29, 0.717) is 13.2 Å². The van der Waals surface area contributed by atoms with Crippen molar-refractivity contribution in [1.29, 1.82) is 0 Å². The van der Waals surface area contributed by atoms with Crippen molar-refractivity contribution in [1.82, 2.24) is 5.32 Å². The molecule has 1 unspecified atom stereocenters. The maximum atomic E-state index is 9.80. The summed E-state index contributed by atoms with van der Waals surface area (Å²) >= 11 is 0. The van der Waals surface area contributed by atoms with Crippen LogP contribution in [0, 0.1) is 5.92 Å². The van der Waals surface area contributed by atoms with Gasteiger partial charge in [-0.15, -0.1) is 0 Å². The maximum Gasteiger partial charge on any atom is 0.0897 e. The van der Waals surface area contributed by atoms with E-state index in [1.54, 1.807) is 0 Å². The molecule has 0 aromatic carbocycles. The highest BCUT2D eigenvalue weighted by molar-refractivity contribution is 4.78. The van der Waals surface area contributed by atoms with Crippen molar-refractivity contribution >= 4 is 0 Å². The Labute approximate surface area is 113 Å². The van der Waals surface area contributed by atoms with E-state index in [4.69, 9.17) is 4.74 Å². The zero-order valence-corrected chi connectivity index (χ0v) is 13.0. The zero-order chi connectivity index (χ0) is 14.0. The topological polar surface area (TPSA) is 41.5 Å². The highest BCUT2D eigenvalue weighted by atomic mass is 16.5. The summed E-state index contributed by atoms with van der Waals surface area (Å²) in [5, 5.41) is 13.2. The number of hydrogen-bond acceptors (Lipinski definition) is 3. The molecule has 0 aromatic heterocycles. The first-order valence-electron chi connectivity index (χ1n) is 7.38. The number of nitrogens with one attached hydrogen (secondary N) is 1. The van der Waals surface area contributed by atoms with Crippen molar-refractivity contribution in [2.75, 3.05) is 19.8 Å². The third kappa shape index (κ3) is 11.0. The van der Waals surface area contributed by atoms with Crippen LogP contribution in [0.1, 0.15) is 60.3 Å². The van der Waals surface area contributed by atoms with Crippen molar-refractivity contribution in [2.45, 2.75) is 71.9 Å². The molecular weight excluding hydrogens is 226 g/mol. The van der Waals surface area contributed by atoms with Gasteiger partial charge in [0.25, 0.3) is 0 Å². The van der Waals surface area contributed by atoms with Crippen LogP contribution in [0.15, 0.2) is 0 Å². The Hall–Kier alpha value is -0.120. The van der Waals surface area contributed by atoms with Gasteiger partial charge in [-0.05, 0) is 39.0 Å². The Balaban J connectivity index is 3.50. The molecule has 0 radical (unpaired) electrons. The first-order chi connectivity index (χ1) is 8.37. The van der Waals surface area contributed by atoms with Crippen LogP contribution in [0.2, 0.25) is 0 Å². The largest absolute Gasteiger partial charge is 0.389 e. The third-order valence-corrected chi connectivity index (χ3v) is 3.07. The van der Waals surface area contributed by atoms with E-state index < -0.39 is 6.10 Å². The number of ether oxygens (including phenoxy) is 1. The molecule has 0 amide bonds. The average molecular weight is 259 g/mol. The molecular formula is C15H33NO2. The Kier molecular flexibility index (Phi) is 9.70. The molecule has 0 bridgehead atoms. The maximum absolute atomic E-state index is 9.80. The SMILES string of the molecule is CCCC(C)(C)NCC(O)COCCCC(C)C. The van der Waals surface area contributed by atoms with Gasteiger partial charge >= 0.3 is 0 Å². The lowest BCUT2D eigenvalue weighted by atomic mass is 9.99. The highest BCUT2D eigenvalue weighted by Crippen LogP contribution is 2.10. The summed E-state index contributed by atoms with van der Waals surface area (Å²) < 4.78 is 5.48. The van der Waals surface area contributed by atoms with Crippen molar-refractivity contribution in [3.63, 3.8) is 0 Å². The standard InChI is InChI=1S/C15H33NO2/c1-6-9-15(4,5)16-11-14(17)12-18-10-7-8-13(2)3/h13-14,16-17H,6-12H2,1-5H3. The summed E-state index contributed by atoms with van der Waals surface area (Å²) in [4.78, 5) is 0. The van der Waals surface area contributed by atoms with Gasteiger partial charge in [0.15, 0.2) is 0 Å². The van der Waals surface area contributed by atoms with Crippen molar-refractivity contribution in [3.05, 3.63) is 0 Å². The summed E-state index contributed by atoms with van der Waals surface area (Å²) in [6.07, 6.45) is 4.15. The third-order valence-electron chi connectivity index (χ3n) is 3.07. The van der Waals surface area contributed by atoms with Crippen LogP contribution in [0.5, 0.6) is 0 Å². The molecule has 18 heavy (non-hydrogen) atoms. The normalized spacial score (nSPS) is 14.2. The minimum absolute atomic E-state index is 0.105. The average Bonchev–Trinajstić information content (AvgIpc) is 2.25. The monoisotopic (exact) mass is 259 g/mol. The summed E-state index contributed by atoms with van der Waals surface area (Å²) in [6.45, 7) is 12.8. The van der Waals surface area contributed by atoms with Gasteiger partial charge in [-0.3, -0.25) is 0 Å². The molecule has 0 saturated carbocycles. The smallest absolute Gasteiger partial charge is 0.0897 e. The van der Waals surface area contributed by atoms with E-state index in [-0.39, 0.29) is 5.54 Å². The van der Waals surface area contributed by atoms with E-state index in [1.807, 2.05) is 0 Å². The molecule has 0 aromatic rings. The number of rotatable bonds is 11. The van der Waals surface area contributed by atoms with E-state index in [0.717, 1.165) is 31.8 Å². The summed E-state index contributed by atoms with van der Waals surface area (Å²) in [7, 11) is 0. The molecule has 0 rings (SSSR count). The van der Waals surface area contributed by atoms with Gasteiger partial charge in [-0.25, -0.2) is 0 Å². The van der Waals surface area contributed by atoms with E-state index in [2.05, 4.69) is 39.9 Å². The minimum Gasteiger partial charge on any atom is -0.389 e. The van der Waals surface area contributed by atoms with Gasteiger partial charge in [-0.1, -0.05) is 27.2 Å². The second kappa shape index (κ2) is 9.76. The lowest BCUT2D eigenvalue weighted by Gasteiger charge is -2.27. The van der Waals surface area contributed by atoms with Crippen molar-refractivity contribution in [3.8, 4) is 0 Å². The predicted octanol–water partition coefficient (Wildman–Crippen LogP) is 2.97. The molecule has 0 spiro atoms. The molecule has 0 fully saturated rings. The van der Waals surface area contributed by atoms with Crippen LogP contribution in [0.3, 0.4) is 0 Å². The zero-order valence-electron chi connectivity index (χ0n) is 13.0. The Bertz CT molecular complexity index is 193. The molecule has 110 valence electrons. The first-order valence-corrected chi connectivity index (χ1v) is 7.38. The van der Waals surface area contributed by atoms with Gasteiger partial charge in [0.2, 0.25) is 0 Å². The van der Waals surface area contributed by atoms with Crippen molar-refractivity contribution < 1.29 is 9.84 Å². The first kappa shape index (κ1) is 17.9. The number of β-amino-alcohol motifs (C(OH)–C–C–N with tert-alkyl or cyclic N) is 1. The van der Waals surface area contributed by atoms with Crippen LogP contribution in [-0.2, 0) is 4.74 Å². The second-order valence-electron chi connectivity index (χ2n) is 6.28. The van der Waals surface area contributed by atoms with E-state index in [1.165, 1.54) is 6.42 Å². The molecule has 0 saturated heterocycles. The van der Waals surface area contributed by atoms with Gasteiger partial charge in [-0.2, -0.15) is 0 Å². The van der Waals surface area contributed by atoms with Crippen molar-refractivity contribution in [2.24, 2.45) is 5.92 Å². The summed E-state index contributed by atoms with van der Waals surface area (Å²) in [6, 6.07) is 0. The molecule has 0 aliphatic carbocycles. The van der Waals surface area contributed by atoms with Crippen LogP contribution >= 0.6 is 0 Å². The number of hydrogen-bond donors (Lipinski definition) is 2. The fourth-order valence-electron chi connectivity index (χ4n) is 1.98. The summed E-state index contributed by atoms with van der Waals surface area (Å²) in [5.41, 5.74) is 0.105. The quantitative estimate of drug-likeness (QED) is 0.561. The Morgan fingerprint density at radius 1 is 1.28 bits per heavy atom. The predicted molar refractivity (Wildman–Crippen MR) is 77.9 cm³/mol. The molecule has 3 nitrogen and oxygen atoms in total. The molecule has 3 heteroatoms. The van der Waals surface area contributed by atoms with Crippen LogP contribution in [0.4, 0.5) is 0 Å². The minimum atomic E-state index is -0.403. The molecule has 1 atom stereocenters. The number of aliphatic hydroxyl groups excluding tert-OH is 1. The fourth-order valence-corrected chi connectivity index (χ4v) is 1.98. The highest BCUT2D eigenvalue weighted by Gasteiger charge is 2.17. The van der Waals surface area contributed by atoms with Crippen LogP contribution in [0.25, 0.3) is 0 Å². The van der Waals surface area contributed by atoms with Gasteiger partial charge < -0.3 is 15.2 Å². The number of aliphatic hydroxyl groups is 1.